The van der Waals surface area contributed by atoms with Crippen LogP contribution in [0.5, 0.6) is 0 Å². The quantitative estimate of drug-likeness (QED) is 0.675. The van der Waals surface area contributed by atoms with Gasteiger partial charge in [-0.05, 0) is 44.1 Å². The van der Waals surface area contributed by atoms with Gasteiger partial charge in [0, 0.05) is 37.0 Å². The van der Waals surface area contributed by atoms with Crippen molar-refractivity contribution in [3.63, 3.8) is 0 Å². The number of piperidine rings is 1. The summed E-state index contributed by atoms with van der Waals surface area (Å²) >= 11 is 0. The lowest BCUT2D eigenvalue weighted by atomic mass is 10.1. The average Bonchev–Trinajstić information content (AvgIpc) is 3.05. The lowest BCUT2D eigenvalue weighted by Crippen LogP contribution is -2.42. The molecule has 1 saturated heterocycles. The van der Waals surface area contributed by atoms with E-state index in [1.54, 1.807) is 30.1 Å². The van der Waals surface area contributed by atoms with Gasteiger partial charge in [-0.2, -0.15) is 5.10 Å². The summed E-state index contributed by atoms with van der Waals surface area (Å²) in [5, 5.41) is 10.0. The number of nitrogens with one attached hydrogen (secondary N) is 3. The number of sulfonamides is 1. The smallest absolute Gasteiger partial charge is 0.251 e. The van der Waals surface area contributed by atoms with Gasteiger partial charge in [-0.1, -0.05) is 6.07 Å². The molecule has 1 aromatic carbocycles. The molecular weight excluding hydrogens is 354 g/mol. The summed E-state index contributed by atoms with van der Waals surface area (Å²) in [5.74, 6) is -0.326. The van der Waals surface area contributed by atoms with E-state index in [0.717, 1.165) is 31.5 Å². The predicted molar refractivity (Wildman–Crippen MR) is 97.0 cm³/mol. The number of aryl methyl sites for hydroxylation is 1. The van der Waals surface area contributed by atoms with Gasteiger partial charge in [0.25, 0.3) is 5.91 Å². The van der Waals surface area contributed by atoms with E-state index >= 15 is 0 Å². The number of benzene rings is 1. The number of hydrogen-bond donors (Lipinski definition) is 3. The van der Waals surface area contributed by atoms with Crippen LogP contribution in [0.1, 0.15) is 28.8 Å². The molecule has 0 saturated carbocycles. The minimum absolute atomic E-state index is 0.0793. The summed E-state index contributed by atoms with van der Waals surface area (Å²) in [6.07, 6.45) is 4.99. The van der Waals surface area contributed by atoms with Crippen molar-refractivity contribution >= 4 is 15.9 Å². The van der Waals surface area contributed by atoms with Crippen molar-refractivity contribution in [2.45, 2.75) is 30.3 Å². The number of hydrogen-bond acceptors (Lipinski definition) is 5. The summed E-state index contributed by atoms with van der Waals surface area (Å²) in [4.78, 5) is 12.4. The Bertz CT molecular complexity index is 872. The number of aromatic nitrogens is 2. The van der Waals surface area contributed by atoms with E-state index in [-0.39, 0.29) is 16.8 Å². The molecule has 0 aliphatic carbocycles. The summed E-state index contributed by atoms with van der Waals surface area (Å²) in [7, 11) is -1.85. The molecule has 3 rings (SSSR count). The average molecular weight is 377 g/mol. The van der Waals surface area contributed by atoms with Crippen LogP contribution in [0.2, 0.25) is 0 Å². The zero-order valence-corrected chi connectivity index (χ0v) is 15.4. The van der Waals surface area contributed by atoms with Crippen LogP contribution < -0.4 is 15.4 Å². The second-order valence-corrected chi connectivity index (χ2v) is 8.09. The van der Waals surface area contributed by atoms with Gasteiger partial charge >= 0.3 is 0 Å². The maximum absolute atomic E-state index is 12.6. The highest BCUT2D eigenvalue weighted by atomic mass is 32.2. The topological polar surface area (TPSA) is 105 Å². The van der Waals surface area contributed by atoms with E-state index in [1.807, 2.05) is 6.20 Å². The molecule has 1 aromatic heterocycles. The van der Waals surface area contributed by atoms with E-state index in [9.17, 15) is 13.2 Å². The molecule has 9 heteroatoms. The highest BCUT2D eigenvalue weighted by Gasteiger charge is 2.22. The number of rotatable bonds is 6. The van der Waals surface area contributed by atoms with E-state index in [4.69, 9.17) is 0 Å². The molecule has 0 unspecified atom stereocenters. The van der Waals surface area contributed by atoms with Gasteiger partial charge in [0.1, 0.15) is 0 Å². The Labute approximate surface area is 153 Å². The molecule has 0 atom stereocenters. The Morgan fingerprint density at radius 3 is 2.81 bits per heavy atom. The van der Waals surface area contributed by atoms with Crippen molar-refractivity contribution in [1.82, 2.24) is 25.1 Å². The fraction of sp³-hybridized carbons (Fsp3) is 0.412. The highest BCUT2D eigenvalue weighted by molar-refractivity contribution is 7.89. The molecule has 0 radical (unpaired) electrons. The molecular formula is C17H23N5O3S. The molecule has 3 N–H and O–H groups in total. The summed E-state index contributed by atoms with van der Waals surface area (Å²) < 4.78 is 29.5. The van der Waals surface area contributed by atoms with E-state index in [1.165, 1.54) is 12.1 Å². The minimum atomic E-state index is -3.65. The zero-order valence-electron chi connectivity index (χ0n) is 14.6. The van der Waals surface area contributed by atoms with Crippen LogP contribution in [0.15, 0.2) is 41.6 Å². The molecule has 140 valence electrons. The van der Waals surface area contributed by atoms with Gasteiger partial charge in [-0.15, -0.1) is 0 Å². The van der Waals surface area contributed by atoms with Crippen molar-refractivity contribution < 1.29 is 13.2 Å². The largest absolute Gasteiger partial charge is 0.348 e. The van der Waals surface area contributed by atoms with Crippen LogP contribution in [0.4, 0.5) is 0 Å². The van der Waals surface area contributed by atoms with Crippen LogP contribution in [-0.2, 0) is 23.6 Å². The van der Waals surface area contributed by atoms with Crippen LogP contribution >= 0.6 is 0 Å². The molecule has 8 nitrogen and oxygen atoms in total. The fourth-order valence-electron chi connectivity index (χ4n) is 2.88. The van der Waals surface area contributed by atoms with Crippen LogP contribution in [0.25, 0.3) is 0 Å². The molecule has 2 heterocycles. The molecule has 1 aliphatic heterocycles. The standard InChI is InChI=1S/C17H23N5O3S/c1-22-12-13(11-20-22)10-19-17(23)14-3-2-4-16(9-14)26(24,25)21-15-5-7-18-8-6-15/h2-4,9,11-12,15,18,21H,5-8,10H2,1H3,(H,19,23). The Balaban J connectivity index is 1.67. The third-order valence-corrected chi connectivity index (χ3v) is 5.80. The van der Waals surface area contributed by atoms with Crippen molar-refractivity contribution in [1.29, 1.82) is 0 Å². The van der Waals surface area contributed by atoms with Crippen LogP contribution in [0, 0.1) is 0 Å². The maximum atomic E-state index is 12.6. The van der Waals surface area contributed by atoms with E-state index < -0.39 is 10.0 Å². The first-order valence-corrected chi connectivity index (χ1v) is 10.0. The molecule has 0 bridgehead atoms. The Hall–Kier alpha value is -2.23. The van der Waals surface area contributed by atoms with E-state index in [2.05, 4.69) is 20.5 Å². The van der Waals surface area contributed by atoms with Gasteiger partial charge in [0.15, 0.2) is 0 Å². The lowest BCUT2D eigenvalue weighted by molar-refractivity contribution is 0.0950. The minimum Gasteiger partial charge on any atom is -0.348 e. The second kappa shape index (κ2) is 7.98. The van der Waals surface area contributed by atoms with Gasteiger partial charge in [-0.3, -0.25) is 9.48 Å². The number of nitrogens with zero attached hydrogens (tertiary/aromatic N) is 2. The molecule has 1 amide bonds. The Morgan fingerprint density at radius 1 is 1.35 bits per heavy atom. The van der Waals surface area contributed by atoms with Gasteiger partial charge in [-0.25, -0.2) is 13.1 Å². The SMILES string of the molecule is Cn1cc(CNC(=O)c2cccc(S(=O)(=O)NC3CCNCC3)c2)cn1. The summed E-state index contributed by atoms with van der Waals surface area (Å²) in [6.45, 7) is 1.92. The zero-order chi connectivity index (χ0) is 18.6. The fourth-order valence-corrected chi connectivity index (χ4v) is 4.23. The summed E-state index contributed by atoms with van der Waals surface area (Å²) in [6, 6.07) is 6.01. The first kappa shape index (κ1) is 18.6. The molecule has 1 aliphatic rings. The third kappa shape index (κ3) is 4.69. The Morgan fingerprint density at radius 2 is 2.12 bits per heavy atom. The van der Waals surface area contributed by atoms with Crippen LogP contribution in [0.3, 0.4) is 0 Å². The number of carbonyl (C=O) groups is 1. The first-order chi connectivity index (χ1) is 12.4. The normalized spacial score (nSPS) is 15.7. The predicted octanol–water partition coefficient (Wildman–Crippen LogP) is 0.380. The summed E-state index contributed by atoms with van der Waals surface area (Å²) in [5.41, 5.74) is 1.18. The molecule has 2 aromatic rings. The molecule has 1 fully saturated rings. The van der Waals surface area contributed by atoms with Gasteiger partial charge < -0.3 is 10.6 Å². The van der Waals surface area contributed by atoms with E-state index in [0.29, 0.717) is 12.1 Å². The molecule has 0 spiro atoms. The maximum Gasteiger partial charge on any atom is 0.251 e. The lowest BCUT2D eigenvalue weighted by Gasteiger charge is -2.23. The van der Waals surface area contributed by atoms with Crippen molar-refractivity contribution in [2.24, 2.45) is 7.05 Å². The molecule has 26 heavy (non-hydrogen) atoms. The third-order valence-electron chi connectivity index (χ3n) is 4.28. The van der Waals surface area contributed by atoms with Crippen molar-refractivity contribution in [3.05, 3.63) is 47.8 Å². The van der Waals surface area contributed by atoms with Gasteiger partial charge in [0.05, 0.1) is 11.1 Å². The highest BCUT2D eigenvalue weighted by Crippen LogP contribution is 2.14. The van der Waals surface area contributed by atoms with Gasteiger partial charge in [0.2, 0.25) is 10.0 Å². The second-order valence-electron chi connectivity index (χ2n) is 6.38. The van der Waals surface area contributed by atoms with Crippen molar-refractivity contribution in [3.8, 4) is 0 Å². The Kier molecular flexibility index (Phi) is 5.70. The monoisotopic (exact) mass is 377 g/mol. The van der Waals surface area contributed by atoms with Crippen molar-refractivity contribution in [2.75, 3.05) is 13.1 Å². The first-order valence-electron chi connectivity index (χ1n) is 8.53. The van der Waals surface area contributed by atoms with Crippen LogP contribution in [-0.4, -0.2) is 43.2 Å². The number of amides is 1. The number of carbonyl (C=O) groups excluding carboxylic acids is 1.